The van der Waals surface area contributed by atoms with Gasteiger partial charge in [-0.1, -0.05) is 38.1 Å². The van der Waals surface area contributed by atoms with E-state index in [1.54, 1.807) is 18.3 Å². The van der Waals surface area contributed by atoms with Crippen molar-refractivity contribution in [2.45, 2.75) is 71.8 Å². The highest BCUT2D eigenvalue weighted by Crippen LogP contribution is 2.56. The van der Waals surface area contributed by atoms with Crippen molar-refractivity contribution in [2.75, 3.05) is 6.54 Å². The van der Waals surface area contributed by atoms with Crippen molar-refractivity contribution in [1.82, 2.24) is 15.2 Å². The Hall–Kier alpha value is -3.52. The lowest BCUT2D eigenvalue weighted by atomic mass is 9.65. The maximum atomic E-state index is 13.5. The van der Waals surface area contributed by atoms with E-state index in [0.29, 0.717) is 19.4 Å². The Balaban J connectivity index is 0.000000616. The third-order valence-electron chi connectivity index (χ3n) is 8.53. The molecule has 4 N–H and O–H groups in total. The van der Waals surface area contributed by atoms with Crippen LogP contribution in [-0.4, -0.2) is 73.8 Å². The number of nitrogens with one attached hydrogen (secondary N) is 1. The van der Waals surface area contributed by atoms with Gasteiger partial charge in [0.2, 0.25) is 11.8 Å². The van der Waals surface area contributed by atoms with Crippen molar-refractivity contribution < 1.29 is 47.7 Å². The molecule has 0 radical (unpaired) electrons. The van der Waals surface area contributed by atoms with Crippen LogP contribution in [0.3, 0.4) is 0 Å². The SMILES string of the molecule is Cc1ncsc1-c1ccc(CNC(=O)[C@@H]2C[C@@H](O)CN2C(=O)[C@@H]2CC[C@](C)(C(=O)O)C2(C)C)cc1.O=C(O)C(F)(F)F. The van der Waals surface area contributed by atoms with Gasteiger partial charge in [0.05, 0.1) is 27.6 Å². The normalized spacial score (nSPS) is 25.0. The number of likely N-dealkylation sites (tertiary alicyclic amines) is 1. The highest BCUT2D eigenvalue weighted by molar-refractivity contribution is 7.13. The van der Waals surface area contributed by atoms with Gasteiger partial charge in [0.1, 0.15) is 6.04 Å². The number of aliphatic hydroxyl groups is 1. The number of hydrogen-bond acceptors (Lipinski definition) is 7. The molecule has 4 atom stereocenters. The summed E-state index contributed by atoms with van der Waals surface area (Å²) in [5, 5.41) is 30.1. The number of aliphatic carboxylic acids is 2. The van der Waals surface area contributed by atoms with Crippen molar-refractivity contribution >= 4 is 35.1 Å². The minimum atomic E-state index is -5.08. The fourth-order valence-corrected chi connectivity index (χ4v) is 6.29. The standard InChI is InChI=1S/C26H33N3O5S.C2HF3O2/c1-15-21(35-14-28-15)17-7-5-16(6-8-17)12-27-22(31)20-11-18(30)13-29(20)23(32)19-9-10-26(4,24(33)34)25(19,2)3;3-2(4,5)1(6)7/h5-8,14,18-20,30H,9-13H2,1-4H3,(H,27,31)(H,33,34);(H,6,7)/t18-,19+,20+,26-;/m1./s1. The number of carbonyl (C=O) groups excluding carboxylic acids is 2. The minimum Gasteiger partial charge on any atom is -0.481 e. The number of nitrogens with zero attached hydrogens (tertiary/aromatic N) is 2. The average molecular weight is 614 g/mol. The second-order valence-electron chi connectivity index (χ2n) is 11.3. The van der Waals surface area contributed by atoms with Gasteiger partial charge < -0.3 is 25.5 Å². The lowest BCUT2D eigenvalue weighted by Crippen LogP contribution is -2.51. The maximum absolute atomic E-state index is 13.5. The highest BCUT2D eigenvalue weighted by Gasteiger charge is 2.59. The molecule has 2 aromatic rings. The number of β-amino-alcohol motifs (C(OH)–C–C–N with tert-alkyl or cyclic N) is 1. The Morgan fingerprint density at radius 3 is 2.19 bits per heavy atom. The van der Waals surface area contributed by atoms with Gasteiger partial charge in [-0.15, -0.1) is 11.3 Å². The summed E-state index contributed by atoms with van der Waals surface area (Å²) < 4.78 is 31.7. The first-order chi connectivity index (χ1) is 19.4. The van der Waals surface area contributed by atoms with Gasteiger partial charge in [0, 0.05) is 25.4 Å². The molecule has 2 fully saturated rings. The number of aryl methyl sites for hydroxylation is 1. The summed E-state index contributed by atoms with van der Waals surface area (Å²) in [6.45, 7) is 7.67. The van der Waals surface area contributed by atoms with E-state index >= 15 is 0 Å². The number of carboxylic acids is 2. The number of amides is 2. The molecule has 1 saturated carbocycles. The number of thiazole rings is 1. The van der Waals surface area contributed by atoms with E-state index in [1.807, 2.05) is 50.5 Å². The molecule has 0 bridgehead atoms. The quantitative estimate of drug-likeness (QED) is 0.383. The first-order valence-electron chi connectivity index (χ1n) is 13.2. The molecule has 1 aromatic carbocycles. The molecule has 0 unspecified atom stereocenters. The molecule has 2 aliphatic rings. The molecule has 14 heteroatoms. The van der Waals surface area contributed by atoms with Crippen molar-refractivity contribution in [1.29, 1.82) is 0 Å². The van der Waals surface area contributed by atoms with Crippen molar-refractivity contribution in [2.24, 2.45) is 16.7 Å². The minimum absolute atomic E-state index is 0.0795. The molecule has 10 nitrogen and oxygen atoms in total. The Morgan fingerprint density at radius 1 is 1.12 bits per heavy atom. The predicted molar refractivity (Wildman–Crippen MR) is 146 cm³/mol. The zero-order chi connectivity index (χ0) is 31.6. The molecule has 1 aliphatic carbocycles. The number of aliphatic hydroxyl groups excluding tert-OH is 1. The fourth-order valence-electron chi connectivity index (χ4n) is 5.48. The van der Waals surface area contributed by atoms with Crippen LogP contribution in [0.5, 0.6) is 0 Å². The number of rotatable bonds is 6. The number of carbonyl (C=O) groups is 4. The van der Waals surface area contributed by atoms with Crippen molar-refractivity contribution in [3.05, 3.63) is 41.0 Å². The van der Waals surface area contributed by atoms with Crippen LogP contribution in [0.1, 0.15) is 51.3 Å². The van der Waals surface area contributed by atoms with Crippen LogP contribution in [0, 0.1) is 23.7 Å². The monoisotopic (exact) mass is 613 g/mol. The second-order valence-corrected chi connectivity index (χ2v) is 12.2. The predicted octanol–water partition coefficient (Wildman–Crippen LogP) is 3.86. The van der Waals surface area contributed by atoms with E-state index in [0.717, 1.165) is 21.7 Å². The third kappa shape index (κ3) is 6.75. The second kappa shape index (κ2) is 12.4. The summed E-state index contributed by atoms with van der Waals surface area (Å²) in [5.74, 6) is -4.75. The Bertz CT molecular complexity index is 1330. The summed E-state index contributed by atoms with van der Waals surface area (Å²) in [4.78, 5) is 54.3. The largest absolute Gasteiger partial charge is 0.490 e. The first kappa shape index (κ1) is 33.0. The lowest BCUT2D eigenvalue weighted by Gasteiger charge is -2.39. The van der Waals surface area contributed by atoms with Crippen LogP contribution in [0.25, 0.3) is 10.4 Å². The molecule has 1 saturated heterocycles. The zero-order valence-electron chi connectivity index (χ0n) is 23.6. The summed E-state index contributed by atoms with van der Waals surface area (Å²) >= 11 is 1.58. The van der Waals surface area contributed by atoms with E-state index in [-0.39, 0.29) is 24.8 Å². The number of halogens is 3. The number of aromatic nitrogens is 1. The van der Waals surface area contributed by atoms with Crippen molar-refractivity contribution in [3.63, 3.8) is 0 Å². The van der Waals surface area contributed by atoms with Gasteiger partial charge in [-0.05, 0) is 43.2 Å². The van der Waals surface area contributed by atoms with E-state index < -0.39 is 47.0 Å². The van der Waals surface area contributed by atoms with Crippen LogP contribution >= 0.6 is 11.3 Å². The molecule has 1 aliphatic heterocycles. The number of alkyl halides is 3. The maximum Gasteiger partial charge on any atom is 0.490 e. The molecular weight excluding hydrogens is 579 g/mol. The van der Waals surface area contributed by atoms with E-state index in [1.165, 1.54) is 4.90 Å². The van der Waals surface area contributed by atoms with Crippen molar-refractivity contribution in [3.8, 4) is 10.4 Å². The molecule has 230 valence electrons. The van der Waals surface area contributed by atoms with Gasteiger partial charge in [0.25, 0.3) is 0 Å². The van der Waals surface area contributed by atoms with Crippen LogP contribution in [0.2, 0.25) is 0 Å². The van der Waals surface area contributed by atoms with E-state index in [4.69, 9.17) is 9.90 Å². The van der Waals surface area contributed by atoms with Gasteiger partial charge in [-0.2, -0.15) is 13.2 Å². The zero-order valence-corrected chi connectivity index (χ0v) is 24.4. The summed E-state index contributed by atoms with van der Waals surface area (Å²) in [6.07, 6.45) is -4.85. The molecule has 1 aromatic heterocycles. The van der Waals surface area contributed by atoms with Crippen LogP contribution < -0.4 is 5.32 Å². The van der Waals surface area contributed by atoms with E-state index in [2.05, 4.69) is 10.3 Å². The third-order valence-corrected chi connectivity index (χ3v) is 9.51. The van der Waals surface area contributed by atoms with Gasteiger partial charge in [-0.25, -0.2) is 9.78 Å². The fraction of sp³-hybridized carbons (Fsp3) is 0.536. The lowest BCUT2D eigenvalue weighted by molar-refractivity contribution is -0.192. The van der Waals surface area contributed by atoms with Gasteiger partial charge in [0.15, 0.2) is 0 Å². The summed E-state index contributed by atoms with van der Waals surface area (Å²) in [6, 6.07) is 7.13. The summed E-state index contributed by atoms with van der Waals surface area (Å²) in [5.41, 5.74) is 3.00. The topological polar surface area (TPSA) is 157 Å². The van der Waals surface area contributed by atoms with Gasteiger partial charge in [-0.3, -0.25) is 14.4 Å². The number of hydrogen-bond donors (Lipinski definition) is 4. The highest BCUT2D eigenvalue weighted by atomic mass is 32.1. The smallest absolute Gasteiger partial charge is 0.481 e. The Morgan fingerprint density at radius 2 is 1.71 bits per heavy atom. The van der Waals surface area contributed by atoms with Crippen LogP contribution in [0.15, 0.2) is 29.8 Å². The van der Waals surface area contributed by atoms with Crippen LogP contribution in [-0.2, 0) is 25.7 Å². The average Bonchev–Trinajstić information content (AvgIpc) is 3.58. The molecule has 42 heavy (non-hydrogen) atoms. The Kier molecular flexibility index (Phi) is 9.72. The number of benzene rings is 1. The summed E-state index contributed by atoms with van der Waals surface area (Å²) in [7, 11) is 0. The van der Waals surface area contributed by atoms with E-state index in [9.17, 15) is 37.8 Å². The molecule has 2 amide bonds. The van der Waals surface area contributed by atoms with Crippen LogP contribution in [0.4, 0.5) is 13.2 Å². The number of carboxylic acid groups (broad SMARTS) is 2. The first-order valence-corrected chi connectivity index (χ1v) is 14.1. The Labute approximate surface area is 244 Å². The molecule has 0 spiro atoms. The van der Waals surface area contributed by atoms with Gasteiger partial charge >= 0.3 is 18.1 Å². The molecule has 2 heterocycles. The molecular formula is C28H34F3N3O7S. The molecule has 4 rings (SSSR count).